The quantitative estimate of drug-likeness (QED) is 0.794. The molecule has 1 fully saturated rings. The van der Waals surface area contributed by atoms with Gasteiger partial charge in [-0.05, 0) is 39.1 Å². The minimum atomic E-state index is -0.0710. The number of hydrogen-bond donors (Lipinski definition) is 0. The fourth-order valence-electron chi connectivity index (χ4n) is 2.40. The summed E-state index contributed by atoms with van der Waals surface area (Å²) < 4.78 is 13.7. The predicted octanol–water partition coefficient (Wildman–Crippen LogP) is 2.27. The first-order chi connectivity index (χ1) is 8.06. The number of hydrogen-bond acceptors (Lipinski definition) is 2. The number of likely N-dealkylation sites (tertiary alicyclic amines) is 1. The topological polar surface area (TPSA) is 6.48 Å². The van der Waals surface area contributed by atoms with Gasteiger partial charge in [0.05, 0.1) is 0 Å². The van der Waals surface area contributed by atoms with E-state index in [0.717, 1.165) is 30.8 Å². The van der Waals surface area contributed by atoms with Crippen molar-refractivity contribution in [2.75, 3.05) is 27.2 Å². The molecular weight excluding hydrogens is 215 g/mol. The predicted molar refractivity (Wildman–Crippen MR) is 68.5 cm³/mol. The van der Waals surface area contributed by atoms with E-state index >= 15 is 0 Å². The SMILES string of the molecule is Cc1ccc(CN2CCC(N(C)C)C2)c(F)c1. The van der Waals surface area contributed by atoms with E-state index in [-0.39, 0.29) is 5.82 Å². The van der Waals surface area contributed by atoms with E-state index in [1.165, 1.54) is 6.42 Å². The monoisotopic (exact) mass is 236 g/mol. The van der Waals surface area contributed by atoms with E-state index in [1.807, 2.05) is 19.1 Å². The summed E-state index contributed by atoms with van der Waals surface area (Å²) in [4.78, 5) is 4.59. The van der Waals surface area contributed by atoms with Crippen molar-refractivity contribution in [1.29, 1.82) is 0 Å². The van der Waals surface area contributed by atoms with E-state index < -0.39 is 0 Å². The summed E-state index contributed by atoms with van der Waals surface area (Å²) in [5.74, 6) is -0.0710. The maximum atomic E-state index is 13.7. The van der Waals surface area contributed by atoms with Crippen LogP contribution in [0.3, 0.4) is 0 Å². The lowest BCUT2D eigenvalue weighted by molar-refractivity contribution is 0.263. The molecule has 17 heavy (non-hydrogen) atoms. The lowest BCUT2D eigenvalue weighted by Gasteiger charge is -2.20. The minimum Gasteiger partial charge on any atom is -0.305 e. The first kappa shape index (κ1) is 12.5. The van der Waals surface area contributed by atoms with E-state index in [0.29, 0.717) is 6.04 Å². The summed E-state index contributed by atoms with van der Waals surface area (Å²) in [5.41, 5.74) is 1.80. The molecule has 3 heteroatoms. The van der Waals surface area contributed by atoms with E-state index in [1.54, 1.807) is 6.07 Å². The number of rotatable bonds is 3. The Morgan fingerprint density at radius 1 is 1.41 bits per heavy atom. The van der Waals surface area contributed by atoms with Crippen LogP contribution in [0, 0.1) is 12.7 Å². The average Bonchev–Trinajstić information content (AvgIpc) is 2.71. The summed E-state index contributed by atoms with van der Waals surface area (Å²) in [6, 6.07) is 6.13. The second-order valence-electron chi connectivity index (χ2n) is 5.24. The van der Waals surface area contributed by atoms with Crippen molar-refractivity contribution in [3.8, 4) is 0 Å². The zero-order valence-corrected chi connectivity index (χ0v) is 10.9. The highest BCUT2D eigenvalue weighted by atomic mass is 19.1. The van der Waals surface area contributed by atoms with Crippen molar-refractivity contribution in [3.05, 3.63) is 35.1 Å². The van der Waals surface area contributed by atoms with Crippen molar-refractivity contribution in [3.63, 3.8) is 0 Å². The van der Waals surface area contributed by atoms with Gasteiger partial charge in [0.25, 0.3) is 0 Å². The number of likely N-dealkylation sites (N-methyl/N-ethyl adjacent to an activating group) is 1. The van der Waals surface area contributed by atoms with Crippen LogP contribution in [-0.2, 0) is 6.54 Å². The van der Waals surface area contributed by atoms with Gasteiger partial charge in [0.15, 0.2) is 0 Å². The molecule has 1 atom stereocenters. The molecule has 0 N–H and O–H groups in total. The van der Waals surface area contributed by atoms with Crippen molar-refractivity contribution >= 4 is 0 Å². The van der Waals surface area contributed by atoms with Gasteiger partial charge in [-0.25, -0.2) is 4.39 Å². The molecule has 0 aliphatic carbocycles. The number of nitrogens with zero attached hydrogens (tertiary/aromatic N) is 2. The zero-order chi connectivity index (χ0) is 12.4. The lowest BCUT2D eigenvalue weighted by atomic mass is 10.1. The summed E-state index contributed by atoms with van der Waals surface area (Å²) in [6.07, 6.45) is 1.18. The fourth-order valence-corrected chi connectivity index (χ4v) is 2.40. The Labute approximate surface area is 103 Å². The first-order valence-electron chi connectivity index (χ1n) is 6.20. The molecule has 1 saturated heterocycles. The maximum Gasteiger partial charge on any atom is 0.127 e. The Kier molecular flexibility index (Phi) is 3.79. The Bertz CT molecular complexity index is 390. The Hall–Kier alpha value is -0.930. The molecule has 0 radical (unpaired) electrons. The first-order valence-corrected chi connectivity index (χ1v) is 6.20. The largest absolute Gasteiger partial charge is 0.305 e. The van der Waals surface area contributed by atoms with Crippen molar-refractivity contribution < 1.29 is 4.39 Å². The van der Waals surface area contributed by atoms with Crippen molar-refractivity contribution in [2.45, 2.75) is 25.9 Å². The lowest BCUT2D eigenvalue weighted by Crippen LogP contribution is -2.31. The normalized spacial score (nSPS) is 21.4. The number of aryl methyl sites for hydroxylation is 1. The standard InChI is InChI=1S/C14H21FN2/c1-11-4-5-12(14(15)8-11)9-17-7-6-13(10-17)16(2)3/h4-5,8,13H,6-7,9-10H2,1-3H3. The molecule has 1 aliphatic heterocycles. The fraction of sp³-hybridized carbons (Fsp3) is 0.571. The summed E-state index contributed by atoms with van der Waals surface area (Å²) in [5, 5.41) is 0. The van der Waals surface area contributed by atoms with Crippen LogP contribution < -0.4 is 0 Å². The van der Waals surface area contributed by atoms with Gasteiger partial charge < -0.3 is 4.90 Å². The van der Waals surface area contributed by atoms with Gasteiger partial charge in [0, 0.05) is 31.2 Å². The van der Waals surface area contributed by atoms with Crippen LogP contribution in [0.15, 0.2) is 18.2 Å². The van der Waals surface area contributed by atoms with Gasteiger partial charge in [-0.15, -0.1) is 0 Å². The van der Waals surface area contributed by atoms with Gasteiger partial charge in [0.2, 0.25) is 0 Å². The maximum absolute atomic E-state index is 13.7. The third-order valence-corrected chi connectivity index (χ3v) is 3.58. The van der Waals surface area contributed by atoms with E-state index in [9.17, 15) is 4.39 Å². The highest BCUT2D eigenvalue weighted by molar-refractivity contribution is 5.23. The molecule has 0 spiro atoms. The van der Waals surface area contributed by atoms with E-state index in [4.69, 9.17) is 0 Å². The van der Waals surface area contributed by atoms with E-state index in [2.05, 4.69) is 23.9 Å². The Morgan fingerprint density at radius 3 is 2.76 bits per heavy atom. The van der Waals surface area contributed by atoms with Crippen LogP contribution in [0.4, 0.5) is 4.39 Å². The van der Waals surface area contributed by atoms with Gasteiger partial charge in [0.1, 0.15) is 5.82 Å². The molecule has 0 amide bonds. The third kappa shape index (κ3) is 3.05. The highest BCUT2D eigenvalue weighted by Crippen LogP contribution is 2.18. The van der Waals surface area contributed by atoms with Crippen molar-refractivity contribution in [1.82, 2.24) is 9.80 Å². The molecule has 2 nitrogen and oxygen atoms in total. The van der Waals surface area contributed by atoms with Gasteiger partial charge in [-0.3, -0.25) is 4.90 Å². The van der Waals surface area contributed by atoms with Gasteiger partial charge in [-0.1, -0.05) is 12.1 Å². The van der Waals surface area contributed by atoms with Crippen LogP contribution in [0.2, 0.25) is 0 Å². The highest BCUT2D eigenvalue weighted by Gasteiger charge is 2.24. The summed E-state index contributed by atoms with van der Waals surface area (Å²) >= 11 is 0. The third-order valence-electron chi connectivity index (χ3n) is 3.58. The second kappa shape index (κ2) is 5.15. The molecule has 1 aliphatic rings. The average molecular weight is 236 g/mol. The van der Waals surface area contributed by atoms with Crippen LogP contribution in [0.5, 0.6) is 0 Å². The molecule has 1 heterocycles. The molecule has 1 aromatic rings. The zero-order valence-electron chi connectivity index (χ0n) is 10.9. The molecule has 0 aromatic heterocycles. The number of benzene rings is 1. The second-order valence-corrected chi connectivity index (χ2v) is 5.24. The molecule has 1 aromatic carbocycles. The van der Waals surface area contributed by atoms with Crippen LogP contribution >= 0.6 is 0 Å². The van der Waals surface area contributed by atoms with Crippen LogP contribution in [0.1, 0.15) is 17.5 Å². The summed E-state index contributed by atoms with van der Waals surface area (Å²) in [7, 11) is 4.22. The summed E-state index contributed by atoms with van der Waals surface area (Å²) in [6.45, 7) is 4.76. The van der Waals surface area contributed by atoms with Crippen LogP contribution in [-0.4, -0.2) is 43.0 Å². The Balaban J connectivity index is 1.98. The molecule has 0 bridgehead atoms. The minimum absolute atomic E-state index is 0.0710. The van der Waals surface area contributed by atoms with Gasteiger partial charge in [-0.2, -0.15) is 0 Å². The van der Waals surface area contributed by atoms with Crippen LogP contribution in [0.25, 0.3) is 0 Å². The Morgan fingerprint density at radius 2 is 2.18 bits per heavy atom. The smallest absolute Gasteiger partial charge is 0.127 e. The van der Waals surface area contributed by atoms with Crippen molar-refractivity contribution in [2.24, 2.45) is 0 Å². The molecule has 0 saturated carbocycles. The molecule has 94 valence electrons. The molecule has 2 rings (SSSR count). The molecular formula is C14H21FN2. The molecule has 1 unspecified atom stereocenters. The number of halogens is 1. The van der Waals surface area contributed by atoms with Gasteiger partial charge >= 0.3 is 0 Å².